The van der Waals surface area contributed by atoms with Crippen LogP contribution in [-0.4, -0.2) is 31.6 Å². The predicted octanol–water partition coefficient (Wildman–Crippen LogP) is 7.01. The maximum atomic E-state index is 14.1. The second kappa shape index (κ2) is 9.00. The zero-order valence-electron chi connectivity index (χ0n) is 22.9. The Balaban J connectivity index is 1.58. The molecule has 5 rings (SSSR count). The molecule has 2 aliphatic heterocycles. The minimum Gasteiger partial charge on any atom is -0.549 e. The van der Waals surface area contributed by atoms with Crippen LogP contribution in [0.4, 0.5) is 0 Å². The van der Waals surface area contributed by atoms with E-state index in [1.165, 1.54) is 10.9 Å². The molecular weight excluding hydrogens is 496 g/mol. The monoisotopic (exact) mass is 534 g/mol. The van der Waals surface area contributed by atoms with Crippen molar-refractivity contribution in [1.82, 2.24) is 8.87 Å². The van der Waals surface area contributed by atoms with Crippen LogP contribution in [-0.2, 0) is 27.9 Å². The number of allylic oxidation sites excluding steroid dienone is 1. The minimum absolute atomic E-state index is 0.117. The van der Waals surface area contributed by atoms with Gasteiger partial charge in [-0.15, -0.1) is 0 Å². The van der Waals surface area contributed by atoms with E-state index < -0.39 is 18.3 Å². The van der Waals surface area contributed by atoms with Gasteiger partial charge in [-0.1, -0.05) is 62.7 Å². The van der Waals surface area contributed by atoms with E-state index in [-0.39, 0.29) is 17.1 Å². The molecule has 7 heteroatoms. The van der Waals surface area contributed by atoms with Gasteiger partial charge < -0.3 is 8.99 Å². The molecule has 1 aromatic heterocycles. The molecule has 196 valence electrons. The number of rotatable bonds is 5. The molecule has 3 aromatic rings. The first-order valence-electron chi connectivity index (χ1n) is 13.0. The van der Waals surface area contributed by atoms with Gasteiger partial charge in [0.2, 0.25) is 18.3 Å². The quantitative estimate of drug-likeness (QED) is 0.261. The number of hydrogen-bond acceptors (Lipinski definition) is 3. The van der Waals surface area contributed by atoms with Crippen LogP contribution in [0.1, 0.15) is 50.1 Å². The average molecular weight is 535 g/mol. The van der Waals surface area contributed by atoms with Crippen LogP contribution in [0.2, 0.25) is 18.1 Å². The lowest BCUT2D eigenvalue weighted by atomic mass is 9.85. The molecule has 3 heterocycles. The summed E-state index contributed by atoms with van der Waals surface area (Å²) in [6.45, 7) is 13.1. The van der Waals surface area contributed by atoms with Crippen LogP contribution in [0, 0.1) is 6.92 Å². The lowest BCUT2D eigenvalue weighted by Gasteiger charge is -2.44. The molecule has 2 aliphatic rings. The van der Waals surface area contributed by atoms with Gasteiger partial charge >= 0.3 is 0 Å². The molecule has 0 saturated carbocycles. The lowest BCUT2D eigenvalue weighted by molar-refractivity contribution is 0.238. The van der Waals surface area contributed by atoms with E-state index in [2.05, 4.69) is 75.8 Å². The van der Waals surface area contributed by atoms with Crippen LogP contribution >= 0.6 is 0 Å². The Morgan fingerprint density at radius 1 is 1.03 bits per heavy atom. The summed E-state index contributed by atoms with van der Waals surface area (Å²) in [4.78, 5) is 0.351. The molecule has 0 spiro atoms. The third-order valence-corrected chi connectivity index (χ3v) is 14.8. The molecule has 0 radical (unpaired) electrons. The Bertz CT molecular complexity index is 1510. The Hall–Kier alpha value is -2.61. The second-order valence-corrected chi connectivity index (χ2v) is 18.6. The summed E-state index contributed by atoms with van der Waals surface area (Å²) >= 11 is 0. The number of nitrogens with zero attached hydrogens (tertiary/aromatic N) is 2. The molecule has 2 aromatic carbocycles. The summed E-state index contributed by atoms with van der Waals surface area (Å²) in [5.74, 6) is 0. The average Bonchev–Trinajstić information content (AvgIpc) is 3.10. The van der Waals surface area contributed by atoms with Crippen molar-refractivity contribution in [2.24, 2.45) is 7.05 Å². The van der Waals surface area contributed by atoms with Gasteiger partial charge in [0.1, 0.15) is 0 Å². The predicted molar refractivity (Wildman–Crippen MR) is 153 cm³/mol. The van der Waals surface area contributed by atoms with Crippen LogP contribution < -0.4 is 0 Å². The maximum absolute atomic E-state index is 14.1. The topological polar surface area (TPSA) is 51.5 Å². The molecular formula is C30H38N2O3SSi. The fourth-order valence-electron chi connectivity index (χ4n) is 5.41. The highest BCUT2D eigenvalue weighted by Gasteiger charge is 2.46. The van der Waals surface area contributed by atoms with Crippen molar-refractivity contribution >= 4 is 29.2 Å². The first kappa shape index (κ1) is 26.0. The number of aromatic nitrogens is 1. The molecule has 0 amide bonds. The summed E-state index contributed by atoms with van der Waals surface area (Å²) in [5, 5.41) is 1.34. The van der Waals surface area contributed by atoms with Gasteiger partial charge in [0.15, 0.2) is 0 Å². The SMILES string of the molecule is Cc1ccc(S(=O)(=O)N2[C@@H]3C=C(/C=C/O[Si](C)(C)C(C)(C)C)C[C@H]2c2c(c4ccccc4n2C)C3)cc1. The van der Waals surface area contributed by atoms with Crippen LogP contribution in [0.3, 0.4) is 0 Å². The highest BCUT2D eigenvalue weighted by molar-refractivity contribution is 7.89. The van der Waals surface area contributed by atoms with Crippen molar-refractivity contribution in [3.8, 4) is 0 Å². The van der Waals surface area contributed by atoms with Crippen molar-refractivity contribution in [1.29, 1.82) is 0 Å². The molecule has 37 heavy (non-hydrogen) atoms. The van der Waals surface area contributed by atoms with Crippen LogP contribution in [0.5, 0.6) is 0 Å². The highest BCUT2D eigenvalue weighted by Crippen LogP contribution is 2.47. The summed E-state index contributed by atoms with van der Waals surface area (Å²) in [6.07, 6.45) is 7.31. The molecule has 2 atom stereocenters. The first-order valence-corrected chi connectivity index (χ1v) is 17.4. The van der Waals surface area contributed by atoms with Gasteiger partial charge in [0.05, 0.1) is 17.2 Å². The Morgan fingerprint density at radius 2 is 1.70 bits per heavy atom. The summed E-state index contributed by atoms with van der Waals surface area (Å²) in [5.41, 5.74) is 5.67. The smallest absolute Gasteiger partial charge is 0.249 e. The number of sulfonamides is 1. The number of hydrogen-bond donors (Lipinski definition) is 0. The van der Waals surface area contributed by atoms with Gasteiger partial charge in [0.25, 0.3) is 0 Å². The molecule has 0 unspecified atom stereocenters. The molecule has 0 N–H and O–H groups in total. The van der Waals surface area contributed by atoms with Crippen molar-refractivity contribution in [3.63, 3.8) is 0 Å². The normalized spacial score (nSPS) is 20.8. The van der Waals surface area contributed by atoms with Gasteiger partial charge in [0, 0.05) is 29.7 Å². The van der Waals surface area contributed by atoms with E-state index >= 15 is 0 Å². The molecule has 0 saturated heterocycles. The lowest BCUT2D eigenvalue weighted by Crippen LogP contribution is -2.49. The minimum atomic E-state index is -3.69. The van der Waals surface area contributed by atoms with E-state index in [9.17, 15) is 8.42 Å². The van der Waals surface area contributed by atoms with Crippen molar-refractivity contribution < 1.29 is 12.8 Å². The summed E-state index contributed by atoms with van der Waals surface area (Å²) < 4.78 is 38.4. The van der Waals surface area contributed by atoms with Crippen molar-refractivity contribution in [2.75, 3.05) is 0 Å². The van der Waals surface area contributed by atoms with Gasteiger partial charge in [-0.3, -0.25) is 0 Å². The molecule has 0 aliphatic carbocycles. The Labute approximate surface area is 222 Å². The second-order valence-electron chi connectivity index (χ2n) is 12.0. The number of benzene rings is 2. The largest absolute Gasteiger partial charge is 0.549 e. The van der Waals surface area contributed by atoms with Crippen LogP contribution in [0.15, 0.2) is 77.4 Å². The Morgan fingerprint density at radius 3 is 2.38 bits per heavy atom. The number of para-hydroxylation sites is 1. The van der Waals surface area contributed by atoms with E-state index in [1.807, 2.05) is 31.4 Å². The van der Waals surface area contributed by atoms with Crippen LogP contribution in [0.25, 0.3) is 10.9 Å². The van der Waals surface area contributed by atoms with Crippen molar-refractivity contribution in [3.05, 3.63) is 89.3 Å². The third kappa shape index (κ3) is 4.41. The molecule has 0 fully saturated rings. The zero-order chi connectivity index (χ0) is 26.8. The fraction of sp³-hybridized carbons (Fsp3) is 0.400. The zero-order valence-corrected chi connectivity index (χ0v) is 24.8. The fourth-order valence-corrected chi connectivity index (χ4v) is 7.90. The summed E-state index contributed by atoms with van der Waals surface area (Å²) in [6, 6.07) is 15.1. The maximum Gasteiger partial charge on any atom is 0.249 e. The highest BCUT2D eigenvalue weighted by atomic mass is 32.2. The third-order valence-electron chi connectivity index (χ3n) is 8.51. The van der Waals surface area contributed by atoms with E-state index in [4.69, 9.17) is 4.43 Å². The molecule has 5 nitrogen and oxygen atoms in total. The van der Waals surface area contributed by atoms with E-state index in [1.54, 1.807) is 16.4 Å². The van der Waals surface area contributed by atoms with E-state index in [0.717, 1.165) is 22.3 Å². The standard InChI is InChI=1S/C30H38N2O3SSi/c1-21-12-14-24(15-13-21)36(33,34)32-23-18-22(16-17-35-37(6,7)30(2,3)4)19-28(32)29-26(20-23)25-10-8-9-11-27(25)31(29)5/h8-18,23,28H,19-20H2,1-7H3/b17-16+/t23-,28+/m1/s1. The van der Waals surface area contributed by atoms with Crippen molar-refractivity contribution in [2.45, 2.75) is 75.6 Å². The number of aryl methyl sites for hydroxylation is 2. The van der Waals surface area contributed by atoms with E-state index in [0.29, 0.717) is 17.7 Å². The summed E-state index contributed by atoms with van der Waals surface area (Å²) in [7, 11) is -3.56. The van der Waals surface area contributed by atoms with Gasteiger partial charge in [-0.25, -0.2) is 8.42 Å². The Kier molecular flexibility index (Phi) is 6.33. The van der Waals surface area contributed by atoms with Gasteiger partial charge in [-0.2, -0.15) is 4.31 Å². The first-order chi connectivity index (χ1) is 17.3. The number of fused-ring (bicyclic) bond motifs is 6. The van der Waals surface area contributed by atoms with Gasteiger partial charge in [-0.05, 0) is 73.3 Å². The molecule has 2 bridgehead atoms.